The van der Waals surface area contributed by atoms with Gasteiger partial charge in [0.2, 0.25) is 0 Å². The van der Waals surface area contributed by atoms with Gasteiger partial charge in [-0.05, 0) is 31.5 Å². The summed E-state index contributed by atoms with van der Waals surface area (Å²) in [4.78, 5) is 0. The fourth-order valence-electron chi connectivity index (χ4n) is 1.82. The average Bonchev–Trinajstić information content (AvgIpc) is 2.69. The highest BCUT2D eigenvalue weighted by molar-refractivity contribution is 5.65. The van der Waals surface area contributed by atoms with Gasteiger partial charge >= 0.3 is 0 Å². The Kier molecular flexibility index (Phi) is 2.89. The van der Waals surface area contributed by atoms with Crippen LogP contribution >= 0.6 is 0 Å². The van der Waals surface area contributed by atoms with Crippen LogP contribution in [0.1, 0.15) is 12.8 Å². The first kappa shape index (κ1) is 9.34. The van der Waals surface area contributed by atoms with E-state index in [0.717, 1.165) is 24.5 Å². The lowest BCUT2D eigenvalue weighted by atomic mass is 10.2. The van der Waals surface area contributed by atoms with E-state index in [1.807, 2.05) is 24.3 Å². The lowest BCUT2D eigenvalue weighted by molar-refractivity contribution is 0.634. The summed E-state index contributed by atoms with van der Waals surface area (Å²) < 4.78 is 0. The number of hydrogen-bond donors (Lipinski definition) is 3. The molecule has 3 heteroatoms. The SMILES string of the molecule is Nc1ccccc1NC[C@H]1CCCN1. The van der Waals surface area contributed by atoms with Gasteiger partial charge in [-0.2, -0.15) is 0 Å². The highest BCUT2D eigenvalue weighted by Gasteiger charge is 2.13. The van der Waals surface area contributed by atoms with Gasteiger partial charge in [0.15, 0.2) is 0 Å². The molecule has 1 saturated heterocycles. The molecule has 0 spiro atoms. The first-order valence-electron chi connectivity index (χ1n) is 5.18. The molecule has 1 atom stereocenters. The highest BCUT2D eigenvalue weighted by Crippen LogP contribution is 2.17. The average molecular weight is 191 g/mol. The van der Waals surface area contributed by atoms with Crippen LogP contribution in [-0.2, 0) is 0 Å². The van der Waals surface area contributed by atoms with Gasteiger partial charge in [-0.1, -0.05) is 12.1 Å². The van der Waals surface area contributed by atoms with Crippen molar-refractivity contribution in [2.75, 3.05) is 24.1 Å². The zero-order chi connectivity index (χ0) is 9.80. The van der Waals surface area contributed by atoms with Crippen LogP contribution in [0.4, 0.5) is 11.4 Å². The van der Waals surface area contributed by atoms with Crippen molar-refractivity contribution in [3.8, 4) is 0 Å². The number of para-hydroxylation sites is 2. The van der Waals surface area contributed by atoms with Gasteiger partial charge in [0, 0.05) is 12.6 Å². The van der Waals surface area contributed by atoms with E-state index >= 15 is 0 Å². The van der Waals surface area contributed by atoms with E-state index in [4.69, 9.17) is 5.73 Å². The van der Waals surface area contributed by atoms with Crippen molar-refractivity contribution in [1.82, 2.24) is 5.32 Å². The summed E-state index contributed by atoms with van der Waals surface area (Å²) in [7, 11) is 0. The molecule has 0 unspecified atom stereocenters. The zero-order valence-electron chi connectivity index (χ0n) is 8.29. The number of nitrogen functional groups attached to an aromatic ring is 1. The maximum Gasteiger partial charge on any atom is 0.0574 e. The molecule has 0 aromatic heterocycles. The monoisotopic (exact) mass is 191 g/mol. The third-order valence-corrected chi connectivity index (χ3v) is 2.66. The van der Waals surface area contributed by atoms with Gasteiger partial charge < -0.3 is 16.4 Å². The molecule has 0 aliphatic carbocycles. The number of hydrogen-bond acceptors (Lipinski definition) is 3. The first-order valence-corrected chi connectivity index (χ1v) is 5.18. The molecule has 1 aromatic carbocycles. The fourth-order valence-corrected chi connectivity index (χ4v) is 1.82. The van der Waals surface area contributed by atoms with E-state index < -0.39 is 0 Å². The Labute approximate surface area is 84.7 Å². The van der Waals surface area contributed by atoms with Crippen molar-refractivity contribution < 1.29 is 0 Å². The smallest absolute Gasteiger partial charge is 0.0574 e. The summed E-state index contributed by atoms with van der Waals surface area (Å²) in [5.41, 5.74) is 7.69. The molecule has 3 nitrogen and oxygen atoms in total. The minimum atomic E-state index is 0.606. The molecule has 4 N–H and O–H groups in total. The van der Waals surface area contributed by atoms with E-state index in [1.54, 1.807) is 0 Å². The third kappa shape index (κ3) is 2.17. The molecular formula is C11H17N3. The van der Waals surface area contributed by atoms with E-state index in [1.165, 1.54) is 12.8 Å². The second-order valence-electron chi connectivity index (χ2n) is 3.76. The molecule has 2 rings (SSSR count). The highest BCUT2D eigenvalue weighted by atomic mass is 15.0. The number of anilines is 2. The number of rotatable bonds is 3. The molecule has 76 valence electrons. The summed E-state index contributed by atoms with van der Waals surface area (Å²) in [6.07, 6.45) is 2.55. The second-order valence-corrected chi connectivity index (χ2v) is 3.76. The standard InChI is InChI=1S/C11H17N3/c12-10-5-1-2-6-11(10)14-8-9-4-3-7-13-9/h1-2,5-6,9,13-14H,3-4,7-8,12H2/t9-/m1/s1. The summed E-state index contributed by atoms with van der Waals surface area (Å²) >= 11 is 0. The molecular weight excluding hydrogens is 174 g/mol. The van der Waals surface area contributed by atoms with Crippen LogP contribution < -0.4 is 16.4 Å². The summed E-state index contributed by atoms with van der Waals surface area (Å²) in [5.74, 6) is 0. The maximum absolute atomic E-state index is 5.82. The fraction of sp³-hybridized carbons (Fsp3) is 0.455. The Morgan fingerprint density at radius 1 is 1.43 bits per heavy atom. The van der Waals surface area contributed by atoms with E-state index in [0.29, 0.717) is 6.04 Å². The summed E-state index contributed by atoms with van der Waals surface area (Å²) in [6, 6.07) is 8.50. The van der Waals surface area contributed by atoms with Gasteiger partial charge in [-0.25, -0.2) is 0 Å². The van der Waals surface area contributed by atoms with Crippen molar-refractivity contribution in [3.63, 3.8) is 0 Å². The van der Waals surface area contributed by atoms with Crippen molar-refractivity contribution in [2.45, 2.75) is 18.9 Å². The Morgan fingerprint density at radius 2 is 2.29 bits per heavy atom. The normalized spacial score (nSPS) is 21.0. The van der Waals surface area contributed by atoms with Gasteiger partial charge in [-0.3, -0.25) is 0 Å². The molecule has 0 bridgehead atoms. The van der Waals surface area contributed by atoms with Crippen LogP contribution in [0.25, 0.3) is 0 Å². The molecule has 0 saturated carbocycles. The maximum atomic E-state index is 5.82. The Morgan fingerprint density at radius 3 is 3.00 bits per heavy atom. The van der Waals surface area contributed by atoms with Crippen molar-refractivity contribution in [2.24, 2.45) is 0 Å². The van der Waals surface area contributed by atoms with E-state index in [-0.39, 0.29) is 0 Å². The quantitative estimate of drug-likeness (QED) is 0.633. The Bertz CT molecular complexity index is 292. The number of nitrogens with one attached hydrogen (secondary N) is 2. The predicted molar refractivity (Wildman–Crippen MR) is 60.4 cm³/mol. The molecule has 1 heterocycles. The summed E-state index contributed by atoms with van der Waals surface area (Å²) in [6.45, 7) is 2.12. The molecule has 14 heavy (non-hydrogen) atoms. The van der Waals surface area contributed by atoms with Crippen LogP contribution in [0.5, 0.6) is 0 Å². The first-order chi connectivity index (χ1) is 6.86. The largest absolute Gasteiger partial charge is 0.397 e. The van der Waals surface area contributed by atoms with Crippen LogP contribution in [0, 0.1) is 0 Å². The van der Waals surface area contributed by atoms with Crippen LogP contribution in [0.15, 0.2) is 24.3 Å². The lowest BCUT2D eigenvalue weighted by Gasteiger charge is -2.13. The molecule has 1 aliphatic heterocycles. The van der Waals surface area contributed by atoms with Crippen LogP contribution in [-0.4, -0.2) is 19.1 Å². The Balaban J connectivity index is 1.88. The van der Waals surface area contributed by atoms with E-state index in [2.05, 4.69) is 10.6 Å². The number of benzene rings is 1. The van der Waals surface area contributed by atoms with Gasteiger partial charge in [-0.15, -0.1) is 0 Å². The van der Waals surface area contributed by atoms with Gasteiger partial charge in [0.25, 0.3) is 0 Å². The van der Waals surface area contributed by atoms with Crippen LogP contribution in [0.2, 0.25) is 0 Å². The van der Waals surface area contributed by atoms with Gasteiger partial charge in [0.05, 0.1) is 11.4 Å². The topological polar surface area (TPSA) is 50.1 Å². The second kappa shape index (κ2) is 4.33. The Hall–Kier alpha value is -1.22. The minimum absolute atomic E-state index is 0.606. The van der Waals surface area contributed by atoms with Crippen LogP contribution in [0.3, 0.4) is 0 Å². The zero-order valence-corrected chi connectivity index (χ0v) is 8.29. The predicted octanol–water partition coefficient (Wildman–Crippen LogP) is 1.43. The van der Waals surface area contributed by atoms with E-state index in [9.17, 15) is 0 Å². The summed E-state index contributed by atoms with van der Waals surface area (Å²) in [5, 5.41) is 6.81. The molecule has 0 amide bonds. The third-order valence-electron chi connectivity index (χ3n) is 2.66. The molecule has 1 aromatic rings. The van der Waals surface area contributed by atoms with Gasteiger partial charge in [0.1, 0.15) is 0 Å². The van der Waals surface area contributed by atoms with Crippen molar-refractivity contribution in [3.05, 3.63) is 24.3 Å². The molecule has 1 fully saturated rings. The minimum Gasteiger partial charge on any atom is -0.397 e. The number of nitrogens with two attached hydrogens (primary N) is 1. The molecule has 1 aliphatic rings. The van der Waals surface area contributed by atoms with Crippen molar-refractivity contribution >= 4 is 11.4 Å². The molecule has 0 radical (unpaired) electrons. The van der Waals surface area contributed by atoms with Crippen molar-refractivity contribution in [1.29, 1.82) is 0 Å². The lowest BCUT2D eigenvalue weighted by Crippen LogP contribution is -2.29.